The fraction of sp³-hybridized carbons (Fsp3) is 0.161. The van der Waals surface area contributed by atoms with E-state index in [0.29, 0.717) is 23.9 Å². The van der Waals surface area contributed by atoms with Crippen molar-refractivity contribution in [3.05, 3.63) is 120 Å². The largest absolute Gasteiger partial charge is 0.478 e. The van der Waals surface area contributed by atoms with Crippen LogP contribution < -0.4 is 32.5 Å². The van der Waals surface area contributed by atoms with E-state index >= 15 is 0 Å². The van der Waals surface area contributed by atoms with Crippen LogP contribution in [0.2, 0.25) is 0 Å². The minimum atomic E-state index is -1.02. The first-order valence-corrected chi connectivity index (χ1v) is 13.6. The molecule has 0 bridgehead atoms. The molecule has 5 aromatic rings. The van der Waals surface area contributed by atoms with Gasteiger partial charge in [-0.05, 0) is 78.4 Å². The van der Waals surface area contributed by atoms with Gasteiger partial charge in [0, 0.05) is 12.1 Å². The number of benzene rings is 2. The van der Waals surface area contributed by atoms with Crippen molar-refractivity contribution in [3.63, 3.8) is 0 Å². The minimum absolute atomic E-state index is 0.0371. The average molecular weight is 597 g/mol. The number of aromatic nitrogens is 2. The molecular weight excluding hydrogens is 571 g/mol. The number of fused-ring (bicyclic) bond motifs is 2. The molecule has 1 aliphatic carbocycles. The van der Waals surface area contributed by atoms with Gasteiger partial charge in [-0.3, -0.25) is 19.2 Å². The van der Waals surface area contributed by atoms with E-state index in [1.54, 1.807) is 31.3 Å². The van der Waals surface area contributed by atoms with Gasteiger partial charge in [-0.15, -0.1) is 0 Å². The van der Waals surface area contributed by atoms with Crippen LogP contribution >= 0.6 is 0 Å². The molecule has 2 heterocycles. The first-order valence-electron chi connectivity index (χ1n) is 13.6. The third kappa shape index (κ3) is 4.93. The SMILES string of the molecule is Cc1cnn2c(C(=O)NCc3ccc(F)c(Nc4c(N)c(=O)c4=O)c3)cc(C(=O)N[C@H]3CCc4cc(C(=O)O)ccc43)cc12. The number of hydrogen-bond acceptors (Lipinski definition) is 8. The summed E-state index contributed by atoms with van der Waals surface area (Å²) >= 11 is 0. The number of carboxylic acids is 1. The predicted octanol–water partition coefficient (Wildman–Crippen LogP) is 2.75. The van der Waals surface area contributed by atoms with Crippen molar-refractivity contribution in [2.75, 3.05) is 11.1 Å². The molecule has 2 amide bonds. The zero-order valence-electron chi connectivity index (χ0n) is 23.2. The molecule has 222 valence electrons. The van der Waals surface area contributed by atoms with Gasteiger partial charge in [0.25, 0.3) is 22.7 Å². The van der Waals surface area contributed by atoms with E-state index in [4.69, 9.17) is 5.73 Å². The molecule has 2 aromatic heterocycles. The van der Waals surface area contributed by atoms with Gasteiger partial charge in [-0.1, -0.05) is 12.1 Å². The molecule has 0 aliphatic heterocycles. The standard InChI is InChI=1S/C31H25FN6O6/c1-14-12-35-38-23(14)10-18(29(41)37-21-7-4-16-9-17(31(43)44)3-5-19(16)21)11-24(38)30(42)34-13-15-2-6-20(32)22(8-15)36-26-25(33)27(39)28(26)40/h2-3,5-6,8-12,21,36H,4,7,13,33H2,1H3,(H,34,42)(H,37,41)(H,43,44)/t21-/m0/s1. The van der Waals surface area contributed by atoms with Gasteiger partial charge in [0.15, 0.2) is 0 Å². The maximum Gasteiger partial charge on any atom is 0.335 e. The Bertz CT molecular complexity index is 2090. The number of nitrogen functional groups attached to an aromatic ring is 1. The van der Waals surface area contributed by atoms with E-state index in [9.17, 15) is 33.5 Å². The highest BCUT2D eigenvalue weighted by atomic mass is 19.1. The van der Waals surface area contributed by atoms with Gasteiger partial charge in [-0.2, -0.15) is 5.10 Å². The normalized spacial score (nSPS) is 14.0. The van der Waals surface area contributed by atoms with Crippen molar-refractivity contribution >= 4 is 40.4 Å². The first kappa shape index (κ1) is 28.3. The molecule has 13 heteroatoms. The van der Waals surface area contributed by atoms with Crippen LogP contribution in [0.5, 0.6) is 0 Å². The molecule has 12 nitrogen and oxygen atoms in total. The predicted molar refractivity (Wildman–Crippen MR) is 158 cm³/mol. The van der Waals surface area contributed by atoms with Gasteiger partial charge in [0.2, 0.25) is 0 Å². The smallest absolute Gasteiger partial charge is 0.335 e. The number of nitrogens with zero attached hydrogens (tertiary/aromatic N) is 2. The number of aromatic carboxylic acids is 1. The van der Waals surface area contributed by atoms with Crippen molar-refractivity contribution in [1.82, 2.24) is 20.2 Å². The summed E-state index contributed by atoms with van der Waals surface area (Å²) in [4.78, 5) is 61.2. The number of nitrogens with two attached hydrogens (primary N) is 1. The van der Waals surface area contributed by atoms with Crippen LogP contribution in [0.1, 0.15) is 65.9 Å². The van der Waals surface area contributed by atoms with Crippen LogP contribution in [-0.4, -0.2) is 32.5 Å². The Morgan fingerprint density at radius 2 is 1.84 bits per heavy atom. The fourth-order valence-electron chi connectivity index (χ4n) is 5.36. The minimum Gasteiger partial charge on any atom is -0.478 e. The molecule has 0 unspecified atom stereocenters. The number of anilines is 3. The average Bonchev–Trinajstić information content (AvgIpc) is 3.60. The molecule has 0 spiro atoms. The lowest BCUT2D eigenvalue weighted by molar-refractivity contribution is 0.0696. The van der Waals surface area contributed by atoms with Gasteiger partial charge in [0.1, 0.15) is 22.9 Å². The summed E-state index contributed by atoms with van der Waals surface area (Å²) in [5.74, 6) is -2.66. The first-order chi connectivity index (χ1) is 21.0. The number of aryl methyl sites for hydroxylation is 2. The Morgan fingerprint density at radius 3 is 2.59 bits per heavy atom. The summed E-state index contributed by atoms with van der Waals surface area (Å²) in [6.45, 7) is 1.76. The van der Waals surface area contributed by atoms with E-state index in [1.807, 2.05) is 0 Å². The van der Waals surface area contributed by atoms with Crippen LogP contribution in [-0.2, 0) is 13.0 Å². The second-order valence-electron chi connectivity index (χ2n) is 10.6. The number of carboxylic acid groups (broad SMARTS) is 1. The zero-order valence-corrected chi connectivity index (χ0v) is 23.2. The van der Waals surface area contributed by atoms with Gasteiger partial charge in [0.05, 0.1) is 29.0 Å². The Morgan fingerprint density at radius 1 is 1.05 bits per heavy atom. The quantitative estimate of drug-likeness (QED) is 0.168. The summed E-state index contributed by atoms with van der Waals surface area (Å²) in [6, 6.07) is 11.6. The number of carbonyl (C=O) groups excluding carboxylic acids is 2. The van der Waals surface area contributed by atoms with E-state index < -0.39 is 34.5 Å². The number of pyridine rings is 1. The lowest BCUT2D eigenvalue weighted by Gasteiger charge is -2.16. The maximum absolute atomic E-state index is 14.4. The Balaban J connectivity index is 1.21. The van der Waals surface area contributed by atoms with Gasteiger partial charge >= 0.3 is 5.97 Å². The highest BCUT2D eigenvalue weighted by Gasteiger charge is 2.26. The second kappa shape index (κ2) is 10.8. The highest BCUT2D eigenvalue weighted by Crippen LogP contribution is 2.32. The van der Waals surface area contributed by atoms with Crippen molar-refractivity contribution in [1.29, 1.82) is 0 Å². The monoisotopic (exact) mass is 596 g/mol. The molecule has 44 heavy (non-hydrogen) atoms. The number of halogens is 1. The Kier molecular flexibility index (Phi) is 6.92. The highest BCUT2D eigenvalue weighted by molar-refractivity contribution is 6.00. The molecule has 3 aromatic carbocycles. The van der Waals surface area contributed by atoms with Crippen LogP contribution in [0, 0.1) is 12.7 Å². The summed E-state index contributed by atoms with van der Waals surface area (Å²) in [5.41, 5.74) is 7.31. The molecule has 1 atom stereocenters. The number of amides is 2. The Hall–Kier alpha value is -5.85. The van der Waals surface area contributed by atoms with Gasteiger partial charge in [-0.25, -0.2) is 13.7 Å². The topological polar surface area (TPSA) is 185 Å². The van der Waals surface area contributed by atoms with E-state index in [-0.39, 0.29) is 46.5 Å². The third-order valence-electron chi connectivity index (χ3n) is 7.77. The molecule has 0 saturated carbocycles. The number of rotatable bonds is 8. The molecular formula is C31H25FN6O6. The van der Waals surface area contributed by atoms with Crippen LogP contribution in [0.3, 0.4) is 0 Å². The van der Waals surface area contributed by atoms with Gasteiger partial charge < -0.3 is 26.8 Å². The second-order valence-corrected chi connectivity index (χ2v) is 10.6. The van der Waals surface area contributed by atoms with E-state index in [0.717, 1.165) is 22.8 Å². The van der Waals surface area contributed by atoms with Crippen LogP contribution in [0.25, 0.3) is 5.52 Å². The van der Waals surface area contributed by atoms with E-state index in [2.05, 4.69) is 21.0 Å². The zero-order chi connectivity index (χ0) is 31.3. The lowest BCUT2D eigenvalue weighted by atomic mass is 10.0. The summed E-state index contributed by atoms with van der Waals surface area (Å²) in [6.07, 6.45) is 2.80. The third-order valence-corrected chi connectivity index (χ3v) is 7.77. The number of hydrogen-bond donors (Lipinski definition) is 5. The van der Waals surface area contributed by atoms with Crippen molar-refractivity contribution < 1.29 is 23.9 Å². The molecule has 6 N–H and O–H groups in total. The number of carbonyl (C=O) groups is 3. The maximum atomic E-state index is 14.4. The summed E-state index contributed by atoms with van der Waals surface area (Å²) in [7, 11) is 0. The summed E-state index contributed by atoms with van der Waals surface area (Å²) in [5, 5.41) is 21.8. The molecule has 6 rings (SSSR count). The summed E-state index contributed by atoms with van der Waals surface area (Å²) < 4.78 is 15.8. The van der Waals surface area contributed by atoms with Crippen molar-refractivity contribution in [2.24, 2.45) is 0 Å². The molecule has 0 fully saturated rings. The molecule has 0 radical (unpaired) electrons. The van der Waals surface area contributed by atoms with Crippen LogP contribution in [0.15, 0.2) is 64.3 Å². The Labute approximate surface area is 248 Å². The van der Waals surface area contributed by atoms with Crippen molar-refractivity contribution in [2.45, 2.75) is 32.4 Å². The number of nitrogens with one attached hydrogen (secondary N) is 3. The lowest BCUT2D eigenvalue weighted by Crippen LogP contribution is -2.36. The molecule has 0 saturated heterocycles. The molecule has 1 aliphatic rings. The van der Waals surface area contributed by atoms with Crippen molar-refractivity contribution in [3.8, 4) is 0 Å². The fourth-order valence-corrected chi connectivity index (χ4v) is 5.36. The van der Waals surface area contributed by atoms with E-state index in [1.165, 1.54) is 28.8 Å². The van der Waals surface area contributed by atoms with Crippen LogP contribution in [0.4, 0.5) is 21.5 Å².